The molecule has 0 radical (unpaired) electrons. The van der Waals surface area contributed by atoms with Gasteiger partial charge in [-0.25, -0.2) is 0 Å². The van der Waals surface area contributed by atoms with Crippen LogP contribution in [0, 0.1) is 6.92 Å². The summed E-state index contributed by atoms with van der Waals surface area (Å²) in [5, 5.41) is 13.6. The molecule has 102 valence electrons. The molecule has 1 N–H and O–H groups in total. The molecule has 19 heavy (non-hydrogen) atoms. The van der Waals surface area contributed by atoms with Crippen LogP contribution in [-0.4, -0.2) is 10.2 Å². The van der Waals surface area contributed by atoms with Gasteiger partial charge in [-0.15, -0.1) is 21.5 Å². The molecule has 0 atom stereocenters. The van der Waals surface area contributed by atoms with Crippen LogP contribution in [0.2, 0.25) is 0 Å². The molecule has 0 bridgehead atoms. The minimum Gasteiger partial charge on any atom is -0.306 e. The zero-order valence-electron chi connectivity index (χ0n) is 12.0. The lowest BCUT2D eigenvalue weighted by Crippen LogP contribution is -2.14. The number of nitrogens with zero attached hydrogens (tertiary/aromatic N) is 2. The Morgan fingerprint density at radius 1 is 1.05 bits per heavy atom. The minimum atomic E-state index is 0.218. The summed E-state index contributed by atoms with van der Waals surface area (Å²) in [5.41, 5.74) is 2.89. The highest BCUT2D eigenvalue weighted by Gasteiger charge is 2.12. The molecule has 2 rings (SSSR count). The lowest BCUT2D eigenvalue weighted by Gasteiger charge is -2.19. The lowest BCUT2D eigenvalue weighted by atomic mass is 9.87. The standard InChI is InChI=1S/C15H21N3S/c1-11-17-18-14(19-11)10-16-9-12-5-7-13(8-6-12)15(2,3)4/h5-8,16H,9-10H2,1-4H3. The average molecular weight is 275 g/mol. The van der Waals surface area contributed by atoms with Crippen molar-refractivity contribution in [2.75, 3.05) is 0 Å². The van der Waals surface area contributed by atoms with Gasteiger partial charge in [0.05, 0.1) is 0 Å². The first-order chi connectivity index (χ1) is 8.95. The van der Waals surface area contributed by atoms with Crippen molar-refractivity contribution in [3.05, 3.63) is 45.4 Å². The SMILES string of the molecule is Cc1nnc(CNCc2ccc(C(C)(C)C)cc2)s1. The van der Waals surface area contributed by atoms with Crippen molar-refractivity contribution < 1.29 is 0 Å². The Hall–Kier alpha value is -1.26. The second kappa shape index (κ2) is 5.80. The van der Waals surface area contributed by atoms with Gasteiger partial charge in [-0.1, -0.05) is 45.0 Å². The van der Waals surface area contributed by atoms with E-state index >= 15 is 0 Å². The van der Waals surface area contributed by atoms with Crippen LogP contribution >= 0.6 is 11.3 Å². The Morgan fingerprint density at radius 2 is 1.74 bits per heavy atom. The second-order valence-electron chi connectivity index (χ2n) is 5.77. The van der Waals surface area contributed by atoms with Crippen LogP contribution in [0.3, 0.4) is 0 Å². The van der Waals surface area contributed by atoms with Crippen molar-refractivity contribution in [2.24, 2.45) is 0 Å². The number of hydrogen-bond donors (Lipinski definition) is 1. The van der Waals surface area contributed by atoms with Gasteiger partial charge in [-0.3, -0.25) is 0 Å². The summed E-state index contributed by atoms with van der Waals surface area (Å²) in [4.78, 5) is 0. The van der Waals surface area contributed by atoms with Crippen molar-refractivity contribution in [3.63, 3.8) is 0 Å². The van der Waals surface area contributed by atoms with Gasteiger partial charge in [0.2, 0.25) is 0 Å². The fourth-order valence-electron chi connectivity index (χ4n) is 1.85. The monoisotopic (exact) mass is 275 g/mol. The van der Waals surface area contributed by atoms with E-state index in [2.05, 4.69) is 60.6 Å². The van der Waals surface area contributed by atoms with Gasteiger partial charge in [0.15, 0.2) is 0 Å². The summed E-state index contributed by atoms with van der Waals surface area (Å²) in [7, 11) is 0. The molecule has 1 aromatic carbocycles. The molecule has 0 amide bonds. The Balaban J connectivity index is 1.86. The zero-order chi connectivity index (χ0) is 13.9. The van der Waals surface area contributed by atoms with Crippen molar-refractivity contribution in [1.29, 1.82) is 0 Å². The van der Waals surface area contributed by atoms with E-state index in [4.69, 9.17) is 0 Å². The van der Waals surface area contributed by atoms with Crippen LogP contribution < -0.4 is 5.32 Å². The first kappa shape index (κ1) is 14.2. The second-order valence-corrected chi connectivity index (χ2v) is 7.03. The third kappa shape index (κ3) is 4.11. The highest BCUT2D eigenvalue weighted by molar-refractivity contribution is 7.11. The highest BCUT2D eigenvalue weighted by atomic mass is 32.1. The summed E-state index contributed by atoms with van der Waals surface area (Å²) >= 11 is 1.64. The molecule has 1 heterocycles. The van der Waals surface area contributed by atoms with Gasteiger partial charge >= 0.3 is 0 Å². The number of aromatic nitrogens is 2. The Kier molecular flexibility index (Phi) is 4.32. The van der Waals surface area contributed by atoms with E-state index < -0.39 is 0 Å². The van der Waals surface area contributed by atoms with Crippen LogP contribution in [0.4, 0.5) is 0 Å². The quantitative estimate of drug-likeness (QED) is 0.929. The number of hydrogen-bond acceptors (Lipinski definition) is 4. The Bertz CT molecular complexity index is 523. The molecule has 0 aliphatic carbocycles. The third-order valence-electron chi connectivity index (χ3n) is 2.99. The molecule has 0 saturated heterocycles. The topological polar surface area (TPSA) is 37.8 Å². The van der Waals surface area contributed by atoms with Crippen molar-refractivity contribution >= 4 is 11.3 Å². The normalized spacial score (nSPS) is 11.8. The summed E-state index contributed by atoms with van der Waals surface area (Å²) in [6, 6.07) is 8.82. The van der Waals surface area contributed by atoms with E-state index in [1.54, 1.807) is 11.3 Å². The predicted octanol–water partition coefficient (Wildman–Crippen LogP) is 3.43. The number of rotatable bonds is 4. The molecule has 1 aromatic heterocycles. The highest BCUT2D eigenvalue weighted by Crippen LogP contribution is 2.22. The number of aryl methyl sites for hydroxylation is 1. The largest absolute Gasteiger partial charge is 0.306 e. The van der Waals surface area contributed by atoms with Crippen molar-refractivity contribution in [3.8, 4) is 0 Å². The van der Waals surface area contributed by atoms with E-state index in [9.17, 15) is 0 Å². The molecule has 0 aliphatic rings. The molecule has 2 aromatic rings. The molecule has 0 unspecified atom stereocenters. The van der Waals surface area contributed by atoms with Crippen LogP contribution in [0.5, 0.6) is 0 Å². The maximum Gasteiger partial charge on any atom is 0.131 e. The van der Waals surface area contributed by atoms with E-state index in [1.165, 1.54) is 11.1 Å². The molecular formula is C15H21N3S. The Labute approximate surface area is 119 Å². The average Bonchev–Trinajstić information content (AvgIpc) is 2.75. The molecule has 3 nitrogen and oxygen atoms in total. The third-order valence-corrected chi connectivity index (χ3v) is 3.83. The molecule has 0 fully saturated rings. The van der Waals surface area contributed by atoms with E-state index in [1.807, 2.05) is 6.92 Å². The molecule has 0 spiro atoms. The summed E-state index contributed by atoms with van der Waals surface area (Å²) in [6.07, 6.45) is 0. The smallest absolute Gasteiger partial charge is 0.131 e. The number of benzene rings is 1. The van der Waals surface area contributed by atoms with Gasteiger partial charge < -0.3 is 5.32 Å². The van der Waals surface area contributed by atoms with E-state index in [-0.39, 0.29) is 5.41 Å². The van der Waals surface area contributed by atoms with Crippen LogP contribution in [0.25, 0.3) is 0 Å². The predicted molar refractivity (Wildman–Crippen MR) is 80.3 cm³/mol. The summed E-state index contributed by atoms with van der Waals surface area (Å²) in [6.45, 7) is 10.3. The maximum atomic E-state index is 4.10. The zero-order valence-corrected chi connectivity index (χ0v) is 12.8. The van der Waals surface area contributed by atoms with Gasteiger partial charge in [0.25, 0.3) is 0 Å². The van der Waals surface area contributed by atoms with Gasteiger partial charge in [-0.2, -0.15) is 0 Å². The fraction of sp³-hybridized carbons (Fsp3) is 0.467. The van der Waals surface area contributed by atoms with Gasteiger partial charge in [-0.05, 0) is 23.5 Å². The van der Waals surface area contributed by atoms with Gasteiger partial charge in [0, 0.05) is 13.1 Å². The minimum absolute atomic E-state index is 0.218. The van der Waals surface area contributed by atoms with Crippen molar-refractivity contribution in [1.82, 2.24) is 15.5 Å². The molecular weight excluding hydrogens is 254 g/mol. The number of nitrogens with one attached hydrogen (secondary N) is 1. The maximum absolute atomic E-state index is 4.10. The fourth-order valence-corrected chi connectivity index (χ4v) is 2.52. The van der Waals surface area contributed by atoms with Crippen LogP contribution in [0.15, 0.2) is 24.3 Å². The van der Waals surface area contributed by atoms with Crippen LogP contribution in [0.1, 0.15) is 41.9 Å². The first-order valence-electron chi connectivity index (χ1n) is 6.54. The molecule has 4 heteroatoms. The summed E-state index contributed by atoms with van der Waals surface area (Å²) < 4.78 is 0. The lowest BCUT2D eigenvalue weighted by molar-refractivity contribution is 0.589. The summed E-state index contributed by atoms with van der Waals surface area (Å²) in [5.74, 6) is 0. The van der Waals surface area contributed by atoms with E-state index in [0.717, 1.165) is 23.1 Å². The van der Waals surface area contributed by atoms with Crippen molar-refractivity contribution in [2.45, 2.75) is 46.2 Å². The van der Waals surface area contributed by atoms with Crippen LogP contribution in [-0.2, 0) is 18.5 Å². The first-order valence-corrected chi connectivity index (χ1v) is 7.36. The van der Waals surface area contributed by atoms with E-state index in [0.29, 0.717) is 0 Å². The van der Waals surface area contributed by atoms with Gasteiger partial charge in [0.1, 0.15) is 10.0 Å². The molecule has 0 saturated carbocycles. The Morgan fingerprint density at radius 3 is 2.26 bits per heavy atom. The molecule has 0 aliphatic heterocycles.